The lowest BCUT2D eigenvalue weighted by atomic mass is 9.91. The first-order valence-electron chi connectivity index (χ1n) is 9.11. The molecule has 0 saturated carbocycles. The van der Waals surface area contributed by atoms with Crippen molar-refractivity contribution >= 4 is 10.9 Å². The van der Waals surface area contributed by atoms with E-state index in [4.69, 9.17) is 4.74 Å². The summed E-state index contributed by atoms with van der Waals surface area (Å²) >= 11 is 0. The number of hydrogen-bond donors (Lipinski definition) is 2. The summed E-state index contributed by atoms with van der Waals surface area (Å²) in [6.07, 6.45) is 5.79. The van der Waals surface area contributed by atoms with Crippen LogP contribution in [0.1, 0.15) is 30.3 Å². The quantitative estimate of drug-likeness (QED) is 0.740. The molecule has 4 rings (SSSR count). The van der Waals surface area contributed by atoms with E-state index in [1.54, 1.807) is 0 Å². The highest BCUT2D eigenvalue weighted by Crippen LogP contribution is 2.29. The third-order valence-electron chi connectivity index (χ3n) is 5.22. The van der Waals surface area contributed by atoms with E-state index in [1.165, 1.54) is 0 Å². The van der Waals surface area contributed by atoms with Crippen LogP contribution in [0, 0.1) is 5.92 Å². The number of nitrogens with one attached hydrogen (secondary N) is 2. The van der Waals surface area contributed by atoms with Crippen LogP contribution in [0.25, 0.3) is 10.9 Å². The van der Waals surface area contributed by atoms with Gasteiger partial charge in [-0.15, -0.1) is 0 Å². The van der Waals surface area contributed by atoms with Crippen LogP contribution in [0.3, 0.4) is 0 Å². The average Bonchev–Trinajstić information content (AvgIpc) is 3.09. The second-order valence-electron chi connectivity index (χ2n) is 6.92. The number of aryl methyl sites for hydroxylation is 1. The van der Waals surface area contributed by atoms with E-state index in [9.17, 15) is 4.79 Å². The SMILES string of the molecule is Cn1ccnc1[C@@H](NCc1cc2ccccc2[nH]c1=O)C1CCOCC1. The number of aromatic nitrogens is 3. The fraction of sp³-hybridized carbons (Fsp3) is 0.400. The number of nitrogens with zero attached hydrogens (tertiary/aromatic N) is 2. The molecule has 3 heterocycles. The van der Waals surface area contributed by atoms with Crippen molar-refractivity contribution in [1.29, 1.82) is 0 Å². The average molecular weight is 352 g/mol. The van der Waals surface area contributed by atoms with Gasteiger partial charge in [0.2, 0.25) is 0 Å². The fourth-order valence-corrected chi connectivity index (χ4v) is 3.74. The zero-order valence-electron chi connectivity index (χ0n) is 14.9. The molecule has 1 aliphatic heterocycles. The monoisotopic (exact) mass is 352 g/mol. The molecule has 26 heavy (non-hydrogen) atoms. The number of benzene rings is 1. The summed E-state index contributed by atoms with van der Waals surface area (Å²) in [5.41, 5.74) is 1.57. The van der Waals surface area contributed by atoms with Gasteiger partial charge in [-0.2, -0.15) is 0 Å². The van der Waals surface area contributed by atoms with E-state index in [0.717, 1.165) is 48.3 Å². The summed E-state index contributed by atoms with van der Waals surface area (Å²) in [4.78, 5) is 20.0. The Balaban J connectivity index is 1.59. The molecule has 1 aromatic carbocycles. The van der Waals surface area contributed by atoms with Gasteiger partial charge in [0.25, 0.3) is 5.56 Å². The number of fused-ring (bicyclic) bond motifs is 1. The predicted molar refractivity (Wildman–Crippen MR) is 101 cm³/mol. The third kappa shape index (κ3) is 3.43. The smallest absolute Gasteiger partial charge is 0.252 e. The van der Waals surface area contributed by atoms with Crippen molar-refractivity contribution in [3.63, 3.8) is 0 Å². The Bertz CT molecular complexity index is 940. The number of H-pyrrole nitrogens is 1. The lowest BCUT2D eigenvalue weighted by molar-refractivity contribution is 0.0518. The number of para-hydroxylation sites is 1. The molecule has 6 heteroatoms. The summed E-state index contributed by atoms with van der Waals surface area (Å²) in [6, 6.07) is 9.93. The van der Waals surface area contributed by atoms with Crippen LogP contribution in [0.5, 0.6) is 0 Å². The number of aromatic amines is 1. The van der Waals surface area contributed by atoms with Gasteiger partial charge in [0.1, 0.15) is 5.82 Å². The highest BCUT2D eigenvalue weighted by Gasteiger charge is 2.28. The fourth-order valence-electron chi connectivity index (χ4n) is 3.74. The predicted octanol–water partition coefficient (Wildman–Crippen LogP) is 2.52. The molecule has 0 amide bonds. The minimum absolute atomic E-state index is 0.0400. The lowest BCUT2D eigenvalue weighted by Crippen LogP contribution is -2.34. The van der Waals surface area contributed by atoms with Crippen molar-refractivity contribution in [3.8, 4) is 0 Å². The van der Waals surface area contributed by atoms with E-state index < -0.39 is 0 Å². The molecule has 1 atom stereocenters. The van der Waals surface area contributed by atoms with Gasteiger partial charge in [0, 0.05) is 50.3 Å². The van der Waals surface area contributed by atoms with E-state index >= 15 is 0 Å². The van der Waals surface area contributed by atoms with Crippen LogP contribution in [-0.4, -0.2) is 27.7 Å². The van der Waals surface area contributed by atoms with Gasteiger partial charge >= 0.3 is 0 Å². The van der Waals surface area contributed by atoms with Gasteiger partial charge in [0.15, 0.2) is 0 Å². The zero-order valence-corrected chi connectivity index (χ0v) is 14.9. The standard InChI is InChI=1S/C20H24N4O2/c1-24-9-8-21-19(24)18(14-6-10-26-11-7-14)22-13-16-12-15-4-2-3-5-17(15)23-20(16)25/h2-5,8-9,12,14,18,22H,6-7,10-11,13H2,1H3,(H,23,25)/t18-/m0/s1. The van der Waals surface area contributed by atoms with Gasteiger partial charge in [0.05, 0.1) is 6.04 Å². The highest BCUT2D eigenvalue weighted by atomic mass is 16.5. The molecule has 136 valence electrons. The molecule has 1 aliphatic rings. The summed E-state index contributed by atoms with van der Waals surface area (Å²) in [5, 5.41) is 4.64. The van der Waals surface area contributed by atoms with E-state index in [0.29, 0.717) is 12.5 Å². The van der Waals surface area contributed by atoms with Crippen LogP contribution in [-0.2, 0) is 18.3 Å². The topological polar surface area (TPSA) is 71.9 Å². The van der Waals surface area contributed by atoms with Crippen molar-refractivity contribution in [2.24, 2.45) is 13.0 Å². The Labute approximate surface area is 152 Å². The Morgan fingerprint density at radius 1 is 1.35 bits per heavy atom. The molecule has 3 aromatic rings. The van der Waals surface area contributed by atoms with E-state index in [-0.39, 0.29) is 11.6 Å². The molecule has 6 nitrogen and oxygen atoms in total. The largest absolute Gasteiger partial charge is 0.381 e. The molecule has 0 radical (unpaired) electrons. The Morgan fingerprint density at radius 3 is 2.92 bits per heavy atom. The maximum atomic E-state index is 12.4. The number of hydrogen-bond acceptors (Lipinski definition) is 4. The van der Waals surface area contributed by atoms with Crippen molar-refractivity contribution in [2.75, 3.05) is 13.2 Å². The Kier molecular flexibility index (Phi) is 4.86. The van der Waals surface area contributed by atoms with Crippen LogP contribution >= 0.6 is 0 Å². The lowest BCUT2D eigenvalue weighted by Gasteiger charge is -2.30. The number of pyridine rings is 1. The molecule has 0 bridgehead atoms. The van der Waals surface area contributed by atoms with Gasteiger partial charge in [-0.25, -0.2) is 4.98 Å². The molecule has 0 aliphatic carbocycles. The molecule has 0 spiro atoms. The molecule has 1 saturated heterocycles. The summed E-state index contributed by atoms with van der Waals surface area (Å²) in [5.74, 6) is 1.46. The van der Waals surface area contributed by atoms with E-state index in [1.807, 2.05) is 49.8 Å². The minimum atomic E-state index is -0.0400. The van der Waals surface area contributed by atoms with Gasteiger partial charge in [-0.3, -0.25) is 4.79 Å². The van der Waals surface area contributed by atoms with Crippen LogP contribution in [0.4, 0.5) is 0 Å². The molecule has 0 unspecified atom stereocenters. The molecule has 2 aromatic heterocycles. The second-order valence-corrected chi connectivity index (χ2v) is 6.92. The van der Waals surface area contributed by atoms with Gasteiger partial charge in [-0.05, 0) is 36.3 Å². The third-order valence-corrected chi connectivity index (χ3v) is 5.22. The van der Waals surface area contributed by atoms with Gasteiger partial charge < -0.3 is 19.6 Å². The van der Waals surface area contributed by atoms with Crippen molar-refractivity contribution in [3.05, 3.63) is 64.5 Å². The summed E-state index contributed by atoms with van der Waals surface area (Å²) in [6.45, 7) is 2.07. The van der Waals surface area contributed by atoms with Crippen molar-refractivity contribution in [2.45, 2.75) is 25.4 Å². The first-order valence-corrected chi connectivity index (χ1v) is 9.11. The number of rotatable bonds is 5. The maximum absolute atomic E-state index is 12.4. The maximum Gasteiger partial charge on any atom is 0.252 e. The molecule has 1 fully saturated rings. The highest BCUT2D eigenvalue weighted by molar-refractivity contribution is 5.78. The van der Waals surface area contributed by atoms with Crippen molar-refractivity contribution < 1.29 is 4.74 Å². The normalized spacial score (nSPS) is 16.8. The number of ether oxygens (including phenoxy) is 1. The van der Waals surface area contributed by atoms with Crippen LogP contribution in [0.2, 0.25) is 0 Å². The Hall–Kier alpha value is -2.44. The van der Waals surface area contributed by atoms with Crippen molar-refractivity contribution in [1.82, 2.24) is 19.9 Å². The zero-order chi connectivity index (χ0) is 17.9. The summed E-state index contributed by atoms with van der Waals surface area (Å²) < 4.78 is 7.57. The molecular formula is C20H24N4O2. The summed E-state index contributed by atoms with van der Waals surface area (Å²) in [7, 11) is 2.01. The second kappa shape index (κ2) is 7.43. The van der Waals surface area contributed by atoms with E-state index in [2.05, 4.69) is 19.9 Å². The Morgan fingerprint density at radius 2 is 2.15 bits per heavy atom. The molecule has 2 N–H and O–H groups in total. The minimum Gasteiger partial charge on any atom is -0.381 e. The van der Waals surface area contributed by atoms with Gasteiger partial charge in [-0.1, -0.05) is 18.2 Å². The first-order chi connectivity index (χ1) is 12.7. The first kappa shape index (κ1) is 17.0. The van der Waals surface area contributed by atoms with Crippen LogP contribution < -0.4 is 10.9 Å². The molecular weight excluding hydrogens is 328 g/mol. The van der Waals surface area contributed by atoms with Crippen LogP contribution in [0.15, 0.2) is 47.5 Å². The number of imidazole rings is 1.